The van der Waals surface area contributed by atoms with Gasteiger partial charge in [0, 0.05) is 25.9 Å². The van der Waals surface area contributed by atoms with Crippen molar-refractivity contribution in [3.8, 4) is 0 Å². The Kier molecular flexibility index (Phi) is 11.6. The van der Waals surface area contributed by atoms with Crippen molar-refractivity contribution >= 4 is 41.5 Å². The normalized spacial score (nSPS) is 10.5. The number of amides is 1. The van der Waals surface area contributed by atoms with Gasteiger partial charge in [0.2, 0.25) is 5.91 Å². The number of aliphatic imine (C=N–C) groups is 1. The third kappa shape index (κ3) is 9.24. The monoisotopic (exact) mass is 406 g/mol. The van der Waals surface area contributed by atoms with Crippen LogP contribution in [0.4, 0.5) is 5.69 Å². The van der Waals surface area contributed by atoms with E-state index in [0.29, 0.717) is 25.7 Å². The maximum atomic E-state index is 11.7. The third-order valence-corrected chi connectivity index (χ3v) is 2.44. The molecule has 118 valence electrons. The summed E-state index contributed by atoms with van der Waals surface area (Å²) in [4.78, 5) is 15.8. The average molecular weight is 406 g/mol. The van der Waals surface area contributed by atoms with Gasteiger partial charge < -0.3 is 20.7 Å². The molecule has 1 rings (SSSR count). The Balaban J connectivity index is 0.00000400. The standard InChI is InChI=1S/C14H22N4O2.HI/c1-3-20-10-9-16-14(15-2)17-11-13(19)18-12-7-5-4-6-8-12;/h4-8H,3,9-11H2,1-2H3,(H,18,19)(H2,15,16,17);1H. The molecule has 0 aliphatic carbocycles. The smallest absolute Gasteiger partial charge is 0.243 e. The van der Waals surface area contributed by atoms with E-state index >= 15 is 0 Å². The zero-order chi connectivity index (χ0) is 14.6. The lowest BCUT2D eigenvalue weighted by Gasteiger charge is -2.11. The van der Waals surface area contributed by atoms with Crippen LogP contribution >= 0.6 is 24.0 Å². The van der Waals surface area contributed by atoms with Crippen LogP contribution in [0.1, 0.15) is 6.92 Å². The van der Waals surface area contributed by atoms with Crippen LogP contribution < -0.4 is 16.0 Å². The number of rotatable bonds is 7. The van der Waals surface area contributed by atoms with E-state index in [-0.39, 0.29) is 36.4 Å². The van der Waals surface area contributed by atoms with Gasteiger partial charge in [0.1, 0.15) is 0 Å². The van der Waals surface area contributed by atoms with Gasteiger partial charge in [-0.3, -0.25) is 9.79 Å². The zero-order valence-corrected chi connectivity index (χ0v) is 14.7. The van der Waals surface area contributed by atoms with Gasteiger partial charge in [-0.2, -0.15) is 0 Å². The first-order valence-electron chi connectivity index (χ1n) is 6.63. The van der Waals surface area contributed by atoms with E-state index in [1.54, 1.807) is 7.05 Å². The summed E-state index contributed by atoms with van der Waals surface area (Å²) >= 11 is 0. The van der Waals surface area contributed by atoms with Crippen molar-refractivity contribution in [2.75, 3.05) is 38.7 Å². The van der Waals surface area contributed by atoms with Crippen LogP contribution in [0, 0.1) is 0 Å². The molecule has 1 aromatic carbocycles. The number of hydrogen-bond donors (Lipinski definition) is 3. The van der Waals surface area contributed by atoms with Gasteiger partial charge in [-0.1, -0.05) is 18.2 Å². The molecule has 0 atom stereocenters. The Morgan fingerprint density at radius 3 is 2.57 bits per heavy atom. The molecule has 0 saturated heterocycles. The molecule has 1 amide bonds. The Morgan fingerprint density at radius 1 is 1.24 bits per heavy atom. The fourth-order valence-electron chi connectivity index (χ4n) is 1.50. The second-order valence-corrected chi connectivity index (χ2v) is 3.96. The van der Waals surface area contributed by atoms with Crippen LogP contribution in [0.25, 0.3) is 0 Å². The molecule has 6 nitrogen and oxygen atoms in total. The van der Waals surface area contributed by atoms with E-state index in [0.717, 1.165) is 5.69 Å². The highest BCUT2D eigenvalue weighted by molar-refractivity contribution is 14.0. The largest absolute Gasteiger partial charge is 0.380 e. The summed E-state index contributed by atoms with van der Waals surface area (Å²) in [6, 6.07) is 9.33. The van der Waals surface area contributed by atoms with Crippen molar-refractivity contribution in [1.29, 1.82) is 0 Å². The molecule has 1 aromatic rings. The first-order valence-corrected chi connectivity index (χ1v) is 6.63. The molecule has 0 bridgehead atoms. The topological polar surface area (TPSA) is 74.8 Å². The fraction of sp³-hybridized carbons (Fsp3) is 0.429. The molecule has 3 N–H and O–H groups in total. The minimum atomic E-state index is -0.121. The van der Waals surface area contributed by atoms with Crippen molar-refractivity contribution in [2.45, 2.75) is 6.92 Å². The zero-order valence-electron chi connectivity index (χ0n) is 12.4. The summed E-state index contributed by atoms with van der Waals surface area (Å²) in [5.41, 5.74) is 0.776. The van der Waals surface area contributed by atoms with Crippen molar-refractivity contribution < 1.29 is 9.53 Å². The molecule has 0 radical (unpaired) electrons. The van der Waals surface area contributed by atoms with Crippen LogP contribution in [0.3, 0.4) is 0 Å². The van der Waals surface area contributed by atoms with E-state index in [1.807, 2.05) is 37.3 Å². The summed E-state index contributed by atoms with van der Waals surface area (Å²) in [5.74, 6) is 0.455. The highest BCUT2D eigenvalue weighted by atomic mass is 127. The lowest BCUT2D eigenvalue weighted by atomic mass is 10.3. The Labute approximate surface area is 142 Å². The molecule has 0 aliphatic rings. The molecule has 21 heavy (non-hydrogen) atoms. The SMILES string of the molecule is CCOCCNC(=NC)NCC(=O)Nc1ccccc1.I. The number of guanidine groups is 1. The number of nitrogens with zero attached hydrogens (tertiary/aromatic N) is 1. The lowest BCUT2D eigenvalue weighted by molar-refractivity contribution is -0.115. The number of anilines is 1. The molecule has 0 fully saturated rings. The van der Waals surface area contributed by atoms with E-state index in [4.69, 9.17) is 4.74 Å². The number of ether oxygens (including phenoxy) is 1. The predicted molar refractivity (Wildman–Crippen MR) is 96.3 cm³/mol. The number of nitrogens with one attached hydrogen (secondary N) is 3. The van der Waals surface area contributed by atoms with Crippen molar-refractivity contribution in [3.63, 3.8) is 0 Å². The highest BCUT2D eigenvalue weighted by Crippen LogP contribution is 2.03. The summed E-state index contributed by atoms with van der Waals surface area (Å²) in [7, 11) is 1.66. The average Bonchev–Trinajstić information content (AvgIpc) is 2.47. The van der Waals surface area contributed by atoms with Crippen LogP contribution in [-0.2, 0) is 9.53 Å². The number of carbonyl (C=O) groups excluding carboxylic acids is 1. The van der Waals surface area contributed by atoms with E-state index in [2.05, 4.69) is 20.9 Å². The van der Waals surface area contributed by atoms with E-state index < -0.39 is 0 Å². The first kappa shape index (κ1) is 19.7. The first-order chi connectivity index (χ1) is 9.76. The van der Waals surface area contributed by atoms with Gasteiger partial charge in [-0.15, -0.1) is 24.0 Å². The third-order valence-electron chi connectivity index (χ3n) is 2.44. The highest BCUT2D eigenvalue weighted by Gasteiger charge is 2.03. The molecule has 0 aliphatic heterocycles. The molecular formula is C14H23IN4O2. The molecule has 7 heteroatoms. The Morgan fingerprint density at radius 2 is 1.95 bits per heavy atom. The summed E-state index contributed by atoms with van der Waals surface area (Å²) < 4.78 is 5.21. The van der Waals surface area contributed by atoms with Crippen LogP contribution in [0.5, 0.6) is 0 Å². The van der Waals surface area contributed by atoms with Gasteiger partial charge in [0.05, 0.1) is 13.2 Å². The van der Waals surface area contributed by atoms with Crippen molar-refractivity contribution in [2.24, 2.45) is 4.99 Å². The Bertz CT molecular complexity index is 426. The second-order valence-electron chi connectivity index (χ2n) is 3.96. The van der Waals surface area contributed by atoms with Gasteiger partial charge in [-0.25, -0.2) is 0 Å². The molecule has 0 unspecified atom stereocenters. The molecule has 0 aromatic heterocycles. The van der Waals surface area contributed by atoms with Gasteiger partial charge in [0.25, 0.3) is 0 Å². The molecule has 0 heterocycles. The Hall–Kier alpha value is -1.35. The summed E-state index contributed by atoms with van der Waals surface area (Å²) in [6.07, 6.45) is 0. The number of benzene rings is 1. The van der Waals surface area contributed by atoms with Crippen LogP contribution in [-0.4, -0.2) is 45.2 Å². The maximum Gasteiger partial charge on any atom is 0.243 e. The van der Waals surface area contributed by atoms with E-state index in [1.165, 1.54) is 0 Å². The summed E-state index contributed by atoms with van der Waals surface area (Å²) in [5, 5.41) is 8.78. The molecule has 0 saturated carbocycles. The molecular weight excluding hydrogens is 383 g/mol. The quantitative estimate of drug-likeness (QED) is 0.277. The minimum Gasteiger partial charge on any atom is -0.380 e. The fourth-order valence-corrected chi connectivity index (χ4v) is 1.50. The minimum absolute atomic E-state index is 0. The van der Waals surface area contributed by atoms with Gasteiger partial charge >= 0.3 is 0 Å². The maximum absolute atomic E-state index is 11.7. The number of hydrogen-bond acceptors (Lipinski definition) is 3. The lowest BCUT2D eigenvalue weighted by Crippen LogP contribution is -2.42. The van der Waals surface area contributed by atoms with Crippen molar-refractivity contribution in [3.05, 3.63) is 30.3 Å². The number of para-hydroxylation sites is 1. The van der Waals surface area contributed by atoms with Crippen LogP contribution in [0.15, 0.2) is 35.3 Å². The van der Waals surface area contributed by atoms with Crippen LogP contribution in [0.2, 0.25) is 0 Å². The number of carbonyl (C=O) groups is 1. The second kappa shape index (κ2) is 12.4. The van der Waals surface area contributed by atoms with Gasteiger partial charge in [0.15, 0.2) is 5.96 Å². The van der Waals surface area contributed by atoms with E-state index in [9.17, 15) is 4.79 Å². The number of halogens is 1. The van der Waals surface area contributed by atoms with Gasteiger partial charge in [-0.05, 0) is 19.1 Å². The molecule has 0 spiro atoms. The summed E-state index contributed by atoms with van der Waals surface area (Å²) in [6.45, 7) is 4.04. The predicted octanol–water partition coefficient (Wildman–Crippen LogP) is 1.44. The van der Waals surface area contributed by atoms with Crippen molar-refractivity contribution in [1.82, 2.24) is 10.6 Å².